The number of hydrogen-bond donors (Lipinski definition) is 2. The van der Waals surface area contributed by atoms with Gasteiger partial charge in [0.15, 0.2) is 11.5 Å². The highest BCUT2D eigenvalue weighted by atomic mass is 16.7. The van der Waals surface area contributed by atoms with Gasteiger partial charge in [-0.05, 0) is 42.8 Å². The van der Waals surface area contributed by atoms with Crippen molar-refractivity contribution in [3.05, 3.63) is 59.3 Å². The van der Waals surface area contributed by atoms with E-state index in [4.69, 9.17) is 9.47 Å². The van der Waals surface area contributed by atoms with Crippen LogP contribution < -0.4 is 20.1 Å². The first-order valence-electron chi connectivity index (χ1n) is 7.78. The second-order valence-electron chi connectivity index (χ2n) is 5.67. The van der Waals surface area contributed by atoms with Crippen molar-refractivity contribution in [3.63, 3.8) is 0 Å². The Labute approximate surface area is 145 Å². The number of aryl methyl sites for hydroxylation is 1. The van der Waals surface area contributed by atoms with Gasteiger partial charge in [0.1, 0.15) is 5.70 Å². The summed E-state index contributed by atoms with van der Waals surface area (Å²) in [5.41, 5.74) is 2.60. The summed E-state index contributed by atoms with van der Waals surface area (Å²) in [4.78, 5) is 24.0. The molecule has 1 aliphatic heterocycles. The fraction of sp³-hybridized carbons (Fsp3) is 0.158. The zero-order chi connectivity index (χ0) is 17.8. The molecule has 6 heteroatoms. The van der Waals surface area contributed by atoms with E-state index in [0.29, 0.717) is 22.7 Å². The van der Waals surface area contributed by atoms with E-state index < -0.39 is 5.91 Å². The quantitative estimate of drug-likeness (QED) is 0.841. The van der Waals surface area contributed by atoms with Gasteiger partial charge in [-0.2, -0.15) is 0 Å². The van der Waals surface area contributed by atoms with Gasteiger partial charge in [-0.15, -0.1) is 0 Å². The van der Waals surface area contributed by atoms with E-state index >= 15 is 0 Å². The molecule has 6 nitrogen and oxygen atoms in total. The number of rotatable bonds is 4. The number of fused-ring (bicyclic) bond motifs is 1. The summed E-state index contributed by atoms with van der Waals surface area (Å²) < 4.78 is 10.6. The molecule has 1 heterocycles. The summed E-state index contributed by atoms with van der Waals surface area (Å²) in [6, 6.07) is 12.7. The molecule has 0 aliphatic carbocycles. The highest BCUT2D eigenvalue weighted by Crippen LogP contribution is 2.33. The molecule has 0 fully saturated rings. The molecule has 25 heavy (non-hydrogen) atoms. The fourth-order valence-corrected chi connectivity index (χ4v) is 2.35. The molecule has 2 aromatic rings. The molecule has 2 N–H and O–H groups in total. The van der Waals surface area contributed by atoms with Crippen LogP contribution in [0.1, 0.15) is 18.1 Å². The molecule has 0 bridgehead atoms. The lowest BCUT2D eigenvalue weighted by Gasteiger charge is -2.10. The standard InChI is InChI=1S/C19H18N2O4/c1-12-3-6-15(7-4-12)21-19(23)16(20-13(2)22)9-14-5-8-17-18(10-14)25-11-24-17/h3-10H,11H2,1-2H3,(H,20,22)(H,21,23)/b16-9-. The van der Waals surface area contributed by atoms with Crippen molar-refractivity contribution in [3.8, 4) is 11.5 Å². The SMILES string of the molecule is CC(=O)N/C(=C\c1ccc2c(c1)OCO2)C(=O)Nc1ccc(C)cc1. The maximum atomic E-state index is 12.5. The van der Waals surface area contributed by atoms with E-state index in [0.717, 1.165) is 5.56 Å². The van der Waals surface area contributed by atoms with Gasteiger partial charge < -0.3 is 20.1 Å². The number of nitrogens with one attached hydrogen (secondary N) is 2. The number of hydrogen-bond acceptors (Lipinski definition) is 4. The van der Waals surface area contributed by atoms with E-state index in [9.17, 15) is 9.59 Å². The van der Waals surface area contributed by atoms with Gasteiger partial charge in [-0.25, -0.2) is 0 Å². The second kappa shape index (κ2) is 7.09. The van der Waals surface area contributed by atoms with Crippen LogP contribution in [0.5, 0.6) is 11.5 Å². The van der Waals surface area contributed by atoms with Gasteiger partial charge in [0, 0.05) is 12.6 Å². The zero-order valence-electron chi connectivity index (χ0n) is 14.0. The number of carbonyl (C=O) groups is 2. The van der Waals surface area contributed by atoms with Crippen LogP contribution in [0.25, 0.3) is 6.08 Å². The summed E-state index contributed by atoms with van der Waals surface area (Å²) in [5.74, 6) is 0.528. The van der Waals surface area contributed by atoms with Gasteiger partial charge in [-0.1, -0.05) is 23.8 Å². The number of anilines is 1. The van der Waals surface area contributed by atoms with Crippen LogP contribution in [0.3, 0.4) is 0 Å². The van der Waals surface area contributed by atoms with Crippen LogP contribution in [0, 0.1) is 6.92 Å². The van der Waals surface area contributed by atoms with Crippen molar-refractivity contribution in [1.29, 1.82) is 0 Å². The highest BCUT2D eigenvalue weighted by molar-refractivity contribution is 6.08. The summed E-state index contributed by atoms with van der Waals surface area (Å²) in [6.07, 6.45) is 1.59. The Bertz CT molecular complexity index is 841. The lowest BCUT2D eigenvalue weighted by Crippen LogP contribution is -2.28. The van der Waals surface area contributed by atoms with Gasteiger partial charge in [0.05, 0.1) is 0 Å². The smallest absolute Gasteiger partial charge is 0.272 e. The van der Waals surface area contributed by atoms with E-state index in [1.54, 1.807) is 36.4 Å². The average Bonchev–Trinajstić information content (AvgIpc) is 3.03. The third-order valence-electron chi connectivity index (χ3n) is 3.57. The molecule has 0 spiro atoms. The molecule has 0 atom stereocenters. The third kappa shape index (κ3) is 4.17. The minimum absolute atomic E-state index is 0.145. The molecule has 0 unspecified atom stereocenters. The van der Waals surface area contributed by atoms with Crippen LogP contribution in [0.4, 0.5) is 5.69 Å². The normalized spacial score (nSPS) is 12.6. The summed E-state index contributed by atoms with van der Waals surface area (Å²) in [5, 5.41) is 5.33. The molecule has 2 aromatic carbocycles. The predicted molar refractivity (Wildman–Crippen MR) is 94.2 cm³/mol. The van der Waals surface area contributed by atoms with Gasteiger partial charge >= 0.3 is 0 Å². The zero-order valence-corrected chi connectivity index (χ0v) is 14.0. The molecule has 0 saturated heterocycles. The Morgan fingerprint density at radius 3 is 2.48 bits per heavy atom. The van der Waals surface area contributed by atoms with Crippen LogP contribution in [0.2, 0.25) is 0 Å². The second-order valence-corrected chi connectivity index (χ2v) is 5.67. The molecular weight excluding hydrogens is 320 g/mol. The summed E-state index contributed by atoms with van der Waals surface area (Å²) in [6.45, 7) is 3.50. The van der Waals surface area contributed by atoms with Gasteiger partial charge in [0.2, 0.25) is 12.7 Å². The van der Waals surface area contributed by atoms with Gasteiger partial charge in [0.25, 0.3) is 5.91 Å². The summed E-state index contributed by atoms with van der Waals surface area (Å²) in [7, 11) is 0. The first-order valence-corrected chi connectivity index (χ1v) is 7.78. The third-order valence-corrected chi connectivity index (χ3v) is 3.57. The summed E-state index contributed by atoms with van der Waals surface area (Å²) >= 11 is 0. The maximum Gasteiger partial charge on any atom is 0.272 e. The monoisotopic (exact) mass is 338 g/mol. The number of ether oxygens (including phenoxy) is 2. The minimum Gasteiger partial charge on any atom is -0.454 e. The van der Waals surface area contributed by atoms with E-state index in [1.165, 1.54) is 6.92 Å². The Morgan fingerprint density at radius 1 is 1.04 bits per heavy atom. The molecule has 2 amide bonds. The van der Waals surface area contributed by atoms with Crippen molar-refractivity contribution >= 4 is 23.6 Å². The van der Waals surface area contributed by atoms with Crippen LogP contribution in [0.15, 0.2) is 48.2 Å². The van der Waals surface area contributed by atoms with E-state index in [2.05, 4.69) is 10.6 Å². The van der Waals surface area contributed by atoms with Crippen molar-refractivity contribution < 1.29 is 19.1 Å². The Kier molecular flexibility index (Phi) is 4.70. The van der Waals surface area contributed by atoms with Crippen molar-refractivity contribution in [2.45, 2.75) is 13.8 Å². The first kappa shape index (κ1) is 16.6. The molecule has 0 saturated carbocycles. The molecule has 1 aliphatic rings. The van der Waals surface area contributed by atoms with Crippen LogP contribution >= 0.6 is 0 Å². The van der Waals surface area contributed by atoms with Crippen LogP contribution in [-0.2, 0) is 9.59 Å². The number of amides is 2. The Morgan fingerprint density at radius 2 is 1.76 bits per heavy atom. The van der Waals surface area contributed by atoms with Crippen molar-refractivity contribution in [2.24, 2.45) is 0 Å². The van der Waals surface area contributed by atoms with Gasteiger partial charge in [-0.3, -0.25) is 9.59 Å². The highest BCUT2D eigenvalue weighted by Gasteiger charge is 2.15. The molecule has 128 valence electrons. The lowest BCUT2D eigenvalue weighted by molar-refractivity contribution is -0.120. The molecule has 0 aromatic heterocycles. The lowest BCUT2D eigenvalue weighted by atomic mass is 10.1. The van der Waals surface area contributed by atoms with Crippen LogP contribution in [-0.4, -0.2) is 18.6 Å². The minimum atomic E-state index is -0.406. The number of benzene rings is 2. The van der Waals surface area contributed by atoms with Crippen molar-refractivity contribution in [1.82, 2.24) is 5.32 Å². The topological polar surface area (TPSA) is 76.7 Å². The van der Waals surface area contributed by atoms with E-state index in [1.807, 2.05) is 19.1 Å². The average molecular weight is 338 g/mol. The first-order chi connectivity index (χ1) is 12.0. The largest absolute Gasteiger partial charge is 0.454 e. The number of carbonyl (C=O) groups excluding carboxylic acids is 2. The Balaban J connectivity index is 1.84. The fourth-order valence-electron chi connectivity index (χ4n) is 2.35. The predicted octanol–water partition coefficient (Wildman–Crippen LogP) is 2.84. The Hall–Kier alpha value is -3.28. The van der Waals surface area contributed by atoms with E-state index in [-0.39, 0.29) is 18.4 Å². The molecular formula is C19H18N2O4. The molecule has 0 radical (unpaired) electrons. The maximum absolute atomic E-state index is 12.5. The van der Waals surface area contributed by atoms with Crippen molar-refractivity contribution in [2.75, 3.05) is 12.1 Å². The molecule has 3 rings (SSSR count).